The van der Waals surface area contributed by atoms with Crippen molar-refractivity contribution in [2.45, 2.75) is 31.8 Å². The van der Waals surface area contributed by atoms with Crippen LogP contribution in [0.25, 0.3) is 0 Å². The maximum Gasteiger partial charge on any atom is 0.138 e. The molecule has 0 bridgehead atoms. The lowest BCUT2D eigenvalue weighted by atomic mass is 9.97. The van der Waals surface area contributed by atoms with Gasteiger partial charge in [-0.1, -0.05) is 12.2 Å². The highest BCUT2D eigenvalue weighted by molar-refractivity contribution is 7.99. The minimum atomic E-state index is 0.0997. The summed E-state index contributed by atoms with van der Waals surface area (Å²) in [5.74, 6) is 3.00. The van der Waals surface area contributed by atoms with Crippen molar-refractivity contribution in [1.82, 2.24) is 9.97 Å². The van der Waals surface area contributed by atoms with Gasteiger partial charge in [-0.3, -0.25) is 0 Å². The fourth-order valence-electron chi connectivity index (χ4n) is 2.44. The maximum atomic E-state index is 5.75. The fourth-order valence-corrected chi connectivity index (χ4v) is 3.61. The highest BCUT2D eigenvalue weighted by Gasteiger charge is 2.21. The van der Waals surface area contributed by atoms with Crippen LogP contribution in [-0.2, 0) is 17.6 Å². The number of H-pyrrole nitrogens is 1. The Morgan fingerprint density at radius 3 is 3.06 bits per heavy atom. The van der Waals surface area contributed by atoms with E-state index in [4.69, 9.17) is 17.0 Å². The number of nitrogens with one attached hydrogen (secondary N) is 1. The van der Waals surface area contributed by atoms with Gasteiger partial charge in [-0.2, -0.15) is 11.8 Å². The van der Waals surface area contributed by atoms with Gasteiger partial charge < -0.3 is 9.72 Å². The van der Waals surface area contributed by atoms with Crippen LogP contribution in [0.15, 0.2) is 0 Å². The van der Waals surface area contributed by atoms with Crippen molar-refractivity contribution in [2.24, 2.45) is 0 Å². The Bertz CT molecular complexity index is 466. The Balaban J connectivity index is 1.95. The molecule has 1 aliphatic heterocycles. The normalized spacial score (nSPS) is 24.4. The lowest BCUT2D eigenvalue weighted by Crippen LogP contribution is -2.20. The van der Waals surface area contributed by atoms with Crippen molar-refractivity contribution in [3.63, 3.8) is 0 Å². The van der Waals surface area contributed by atoms with Crippen molar-refractivity contribution < 1.29 is 4.74 Å². The SMILES string of the molecule is S=c1nc(C2CSCCO2)[nH]c2c1CCCC2. The second-order valence-corrected chi connectivity index (χ2v) is 6.06. The van der Waals surface area contributed by atoms with Gasteiger partial charge in [0.15, 0.2) is 0 Å². The zero-order chi connectivity index (χ0) is 11.7. The van der Waals surface area contributed by atoms with Crippen LogP contribution in [0.3, 0.4) is 0 Å². The van der Waals surface area contributed by atoms with Crippen molar-refractivity contribution in [1.29, 1.82) is 0 Å². The zero-order valence-electron chi connectivity index (χ0n) is 9.70. The van der Waals surface area contributed by atoms with E-state index < -0.39 is 0 Å². The van der Waals surface area contributed by atoms with E-state index in [0.717, 1.165) is 41.4 Å². The smallest absolute Gasteiger partial charge is 0.138 e. The van der Waals surface area contributed by atoms with E-state index in [1.807, 2.05) is 11.8 Å². The predicted octanol–water partition coefficient (Wildman–Crippen LogP) is 2.82. The van der Waals surface area contributed by atoms with Crippen LogP contribution in [0.4, 0.5) is 0 Å². The third-order valence-electron chi connectivity index (χ3n) is 3.35. The molecule has 0 spiro atoms. The molecule has 3 rings (SSSR count). The minimum Gasteiger partial charge on any atom is -0.369 e. The molecule has 1 fully saturated rings. The number of ether oxygens (including phenoxy) is 1. The summed E-state index contributed by atoms with van der Waals surface area (Å²) in [6.07, 6.45) is 4.78. The molecule has 17 heavy (non-hydrogen) atoms. The number of thioether (sulfide) groups is 1. The second-order valence-electron chi connectivity index (χ2n) is 4.53. The first-order valence-electron chi connectivity index (χ1n) is 6.16. The number of nitrogens with zero attached hydrogens (tertiary/aromatic N) is 1. The average molecular weight is 268 g/mol. The molecule has 2 aliphatic rings. The summed E-state index contributed by atoms with van der Waals surface area (Å²) in [5.41, 5.74) is 2.56. The summed E-state index contributed by atoms with van der Waals surface area (Å²) in [6, 6.07) is 0. The van der Waals surface area contributed by atoms with Crippen LogP contribution in [0.5, 0.6) is 0 Å². The van der Waals surface area contributed by atoms with Crippen molar-refractivity contribution in [3.8, 4) is 0 Å². The van der Waals surface area contributed by atoms with Gasteiger partial charge >= 0.3 is 0 Å². The van der Waals surface area contributed by atoms with Crippen molar-refractivity contribution in [2.75, 3.05) is 18.1 Å². The molecule has 1 aromatic heterocycles. The van der Waals surface area contributed by atoms with Gasteiger partial charge in [0.1, 0.15) is 16.6 Å². The summed E-state index contributed by atoms with van der Waals surface area (Å²) >= 11 is 7.32. The Hall–Kier alpha value is -0.390. The van der Waals surface area contributed by atoms with E-state index in [-0.39, 0.29) is 6.10 Å². The van der Waals surface area contributed by atoms with E-state index >= 15 is 0 Å². The standard InChI is InChI=1S/C12H16N2OS2/c16-12-8-3-1-2-4-9(8)13-11(14-12)10-7-17-6-5-15-10/h10H,1-7H2,(H,13,14,16). The van der Waals surface area contributed by atoms with Gasteiger partial charge in [-0.05, 0) is 25.7 Å². The molecule has 0 aromatic carbocycles. The molecule has 0 radical (unpaired) electrons. The van der Waals surface area contributed by atoms with E-state index in [2.05, 4.69) is 9.97 Å². The molecule has 0 amide bonds. The molecular formula is C12H16N2OS2. The number of rotatable bonds is 1. The predicted molar refractivity (Wildman–Crippen MR) is 72.1 cm³/mol. The van der Waals surface area contributed by atoms with E-state index in [1.165, 1.54) is 24.1 Å². The molecule has 1 aromatic rings. The largest absolute Gasteiger partial charge is 0.369 e. The summed E-state index contributed by atoms with van der Waals surface area (Å²) in [4.78, 5) is 7.99. The average Bonchev–Trinajstić information content (AvgIpc) is 2.40. The van der Waals surface area contributed by atoms with Crippen LogP contribution in [0.1, 0.15) is 36.0 Å². The Morgan fingerprint density at radius 1 is 1.35 bits per heavy atom. The van der Waals surface area contributed by atoms with Gasteiger partial charge in [0.2, 0.25) is 0 Å². The van der Waals surface area contributed by atoms with Crippen LogP contribution in [-0.4, -0.2) is 28.1 Å². The molecule has 92 valence electrons. The quantitative estimate of drug-likeness (QED) is 0.795. The van der Waals surface area contributed by atoms with Gasteiger partial charge in [0.05, 0.1) is 6.61 Å². The molecule has 1 N–H and O–H groups in total. The zero-order valence-corrected chi connectivity index (χ0v) is 11.3. The first-order chi connectivity index (χ1) is 8.34. The van der Waals surface area contributed by atoms with Crippen molar-refractivity contribution in [3.05, 3.63) is 21.7 Å². The highest BCUT2D eigenvalue weighted by Crippen LogP contribution is 2.27. The van der Waals surface area contributed by atoms with Gasteiger partial charge in [-0.15, -0.1) is 0 Å². The maximum absolute atomic E-state index is 5.75. The highest BCUT2D eigenvalue weighted by atomic mass is 32.2. The lowest BCUT2D eigenvalue weighted by Gasteiger charge is -2.23. The topological polar surface area (TPSA) is 37.9 Å². The molecule has 5 heteroatoms. The Morgan fingerprint density at radius 2 is 2.24 bits per heavy atom. The number of aryl methyl sites for hydroxylation is 1. The number of hydrogen-bond acceptors (Lipinski definition) is 4. The molecule has 1 unspecified atom stereocenters. The third-order valence-corrected chi connectivity index (χ3v) is 4.68. The monoisotopic (exact) mass is 268 g/mol. The summed E-state index contributed by atoms with van der Waals surface area (Å²) in [5, 5.41) is 0. The number of aromatic amines is 1. The molecular weight excluding hydrogens is 252 g/mol. The first kappa shape index (κ1) is 11.7. The molecule has 1 aliphatic carbocycles. The van der Waals surface area contributed by atoms with Crippen LogP contribution >= 0.6 is 24.0 Å². The lowest BCUT2D eigenvalue weighted by molar-refractivity contribution is 0.0691. The van der Waals surface area contributed by atoms with Crippen LogP contribution in [0.2, 0.25) is 0 Å². The summed E-state index contributed by atoms with van der Waals surface area (Å²) in [7, 11) is 0. The van der Waals surface area contributed by atoms with Crippen molar-refractivity contribution >= 4 is 24.0 Å². The Kier molecular flexibility index (Phi) is 3.49. The van der Waals surface area contributed by atoms with Gasteiger partial charge in [-0.25, -0.2) is 4.98 Å². The third kappa shape index (κ3) is 2.41. The molecule has 2 heterocycles. The summed E-state index contributed by atoms with van der Waals surface area (Å²) in [6.45, 7) is 0.814. The summed E-state index contributed by atoms with van der Waals surface area (Å²) < 4.78 is 6.53. The molecule has 1 atom stereocenters. The fraction of sp³-hybridized carbons (Fsp3) is 0.667. The molecule has 1 saturated heterocycles. The van der Waals surface area contributed by atoms with Gasteiger partial charge in [0, 0.05) is 22.8 Å². The Labute approximate surface area is 110 Å². The number of fused-ring (bicyclic) bond motifs is 1. The number of aromatic nitrogens is 2. The van der Waals surface area contributed by atoms with Gasteiger partial charge in [0.25, 0.3) is 0 Å². The second kappa shape index (κ2) is 5.08. The van der Waals surface area contributed by atoms with Crippen LogP contribution < -0.4 is 0 Å². The molecule has 3 nitrogen and oxygen atoms in total. The van der Waals surface area contributed by atoms with E-state index in [0.29, 0.717) is 0 Å². The number of hydrogen-bond donors (Lipinski definition) is 1. The van der Waals surface area contributed by atoms with E-state index in [9.17, 15) is 0 Å². The first-order valence-corrected chi connectivity index (χ1v) is 7.72. The van der Waals surface area contributed by atoms with Crippen LogP contribution in [0, 0.1) is 4.64 Å². The minimum absolute atomic E-state index is 0.0997. The van der Waals surface area contributed by atoms with E-state index in [1.54, 1.807) is 0 Å². The molecule has 0 saturated carbocycles.